The lowest BCUT2D eigenvalue weighted by atomic mass is 10.0. The zero-order valence-corrected chi connectivity index (χ0v) is 38.2. The molecule has 0 unspecified atom stereocenters. The second kappa shape index (κ2) is 15.4. The van der Waals surface area contributed by atoms with Crippen LogP contribution in [0.4, 0.5) is 0 Å². The first kappa shape index (κ1) is 39.4. The summed E-state index contributed by atoms with van der Waals surface area (Å²) < 4.78 is 11.7. The average molecular weight is 906 g/mol. The highest BCUT2D eigenvalue weighted by atomic mass is 16.3. The summed E-state index contributed by atoms with van der Waals surface area (Å²) in [6.07, 6.45) is 0. The monoisotopic (exact) mass is 905 g/mol. The number of para-hydroxylation sites is 4. The first-order valence-electron chi connectivity index (χ1n) is 24.0. The van der Waals surface area contributed by atoms with Crippen LogP contribution in [0.2, 0.25) is 0 Å². The van der Waals surface area contributed by atoms with Gasteiger partial charge in [0.25, 0.3) is 0 Å². The first-order valence-corrected chi connectivity index (χ1v) is 24.0. The molecule has 4 heterocycles. The van der Waals surface area contributed by atoms with Crippen LogP contribution in [0.5, 0.6) is 0 Å². The van der Waals surface area contributed by atoms with E-state index in [1.165, 1.54) is 32.6 Å². The van der Waals surface area contributed by atoms with Gasteiger partial charge in [-0.05, 0) is 99.4 Å². The molecule has 71 heavy (non-hydrogen) atoms. The molecule has 11 aromatic carbocycles. The van der Waals surface area contributed by atoms with E-state index in [0.29, 0.717) is 17.5 Å². The summed E-state index contributed by atoms with van der Waals surface area (Å²) in [6, 6.07) is 83.8. The van der Waals surface area contributed by atoms with Crippen molar-refractivity contribution in [2.24, 2.45) is 0 Å². The Balaban J connectivity index is 0.950. The Hall–Kier alpha value is -9.65. The maximum Gasteiger partial charge on any atom is 0.167 e. The van der Waals surface area contributed by atoms with Gasteiger partial charge >= 0.3 is 0 Å². The van der Waals surface area contributed by atoms with Gasteiger partial charge in [-0.2, -0.15) is 0 Å². The van der Waals surface area contributed by atoms with E-state index in [1.807, 2.05) is 6.07 Å². The number of furan rings is 1. The van der Waals surface area contributed by atoms with E-state index in [-0.39, 0.29) is 0 Å². The topological polar surface area (TPSA) is 61.7 Å². The quantitative estimate of drug-likeness (QED) is 0.167. The second-order valence-corrected chi connectivity index (χ2v) is 18.3. The lowest BCUT2D eigenvalue weighted by Crippen LogP contribution is -2.01. The minimum Gasteiger partial charge on any atom is -0.455 e. The third-order valence-corrected chi connectivity index (χ3v) is 14.3. The Morgan fingerprint density at radius 1 is 0.296 bits per heavy atom. The molecule has 0 radical (unpaired) electrons. The number of aromatic nitrogens is 5. The van der Waals surface area contributed by atoms with Gasteiger partial charge in [0, 0.05) is 54.8 Å². The standard InChI is InChI=1S/C65H39N5O/c1-3-15-40(16-4-1)41-29-31-43(32-30-41)63-66-64(51-24-14-28-57-60(51)49-22-10-12-27-56(49)69(57)46-19-5-2-6-20-46)68-65(67-63)52-25-13-23-50-61-53-39-47(35-33-42(53)34-36-59(61)71-62(50)52)70-55-26-11-9-21-48(55)54-37-44-17-7-8-18-45(44)38-58(54)70/h1-39H. The Labute approximate surface area is 407 Å². The van der Waals surface area contributed by atoms with Crippen molar-refractivity contribution >= 4 is 87.1 Å². The number of benzene rings is 11. The van der Waals surface area contributed by atoms with E-state index in [0.717, 1.165) is 93.7 Å². The molecule has 15 rings (SSSR count). The van der Waals surface area contributed by atoms with Gasteiger partial charge in [0.05, 0.1) is 27.6 Å². The van der Waals surface area contributed by atoms with E-state index < -0.39 is 0 Å². The molecular weight excluding hydrogens is 867 g/mol. The van der Waals surface area contributed by atoms with E-state index in [9.17, 15) is 0 Å². The lowest BCUT2D eigenvalue weighted by molar-refractivity contribution is 0.670. The predicted molar refractivity (Wildman–Crippen MR) is 293 cm³/mol. The highest BCUT2D eigenvalue weighted by Gasteiger charge is 2.23. The fourth-order valence-corrected chi connectivity index (χ4v) is 11.1. The third kappa shape index (κ3) is 6.11. The van der Waals surface area contributed by atoms with Crippen LogP contribution in [0.3, 0.4) is 0 Å². The highest BCUT2D eigenvalue weighted by Crippen LogP contribution is 2.43. The zero-order chi connectivity index (χ0) is 46.6. The number of fused-ring (bicyclic) bond motifs is 12. The summed E-state index contributed by atoms with van der Waals surface area (Å²) in [6.45, 7) is 0. The molecule has 330 valence electrons. The number of nitrogens with zero attached hydrogens (tertiary/aromatic N) is 5. The molecule has 0 bridgehead atoms. The molecule has 6 nitrogen and oxygen atoms in total. The first-order chi connectivity index (χ1) is 35.2. The van der Waals surface area contributed by atoms with Crippen molar-refractivity contribution in [1.82, 2.24) is 24.1 Å². The van der Waals surface area contributed by atoms with E-state index in [4.69, 9.17) is 19.4 Å². The maximum atomic E-state index is 6.99. The molecule has 0 atom stereocenters. The average Bonchev–Trinajstić information content (AvgIpc) is 4.10. The van der Waals surface area contributed by atoms with Crippen LogP contribution in [0.15, 0.2) is 241 Å². The maximum absolute atomic E-state index is 6.99. The van der Waals surface area contributed by atoms with Gasteiger partial charge in [0.1, 0.15) is 11.2 Å². The molecule has 0 aliphatic carbocycles. The van der Waals surface area contributed by atoms with Gasteiger partial charge in [0.15, 0.2) is 17.5 Å². The van der Waals surface area contributed by atoms with Crippen LogP contribution in [0.1, 0.15) is 0 Å². The van der Waals surface area contributed by atoms with Gasteiger partial charge in [-0.15, -0.1) is 0 Å². The molecule has 0 aliphatic rings. The molecule has 0 saturated heterocycles. The van der Waals surface area contributed by atoms with Crippen molar-refractivity contribution in [3.05, 3.63) is 237 Å². The van der Waals surface area contributed by atoms with Crippen molar-refractivity contribution < 1.29 is 4.42 Å². The molecule has 15 aromatic rings. The Morgan fingerprint density at radius 3 is 1.69 bits per heavy atom. The summed E-state index contributed by atoms with van der Waals surface area (Å²) >= 11 is 0. The fraction of sp³-hybridized carbons (Fsp3) is 0. The van der Waals surface area contributed by atoms with Crippen molar-refractivity contribution in [2.45, 2.75) is 0 Å². The van der Waals surface area contributed by atoms with E-state index in [1.54, 1.807) is 0 Å². The minimum absolute atomic E-state index is 0.535. The van der Waals surface area contributed by atoms with Crippen LogP contribution < -0.4 is 0 Å². The normalized spacial score (nSPS) is 11.9. The molecule has 0 fully saturated rings. The van der Waals surface area contributed by atoms with Crippen LogP contribution in [0, 0.1) is 0 Å². The van der Waals surface area contributed by atoms with Crippen molar-refractivity contribution in [2.75, 3.05) is 0 Å². The fourth-order valence-electron chi connectivity index (χ4n) is 11.1. The lowest BCUT2D eigenvalue weighted by Gasteiger charge is -2.11. The molecule has 6 heteroatoms. The molecule has 0 spiro atoms. The van der Waals surface area contributed by atoms with Crippen LogP contribution >= 0.6 is 0 Å². The summed E-state index contributed by atoms with van der Waals surface area (Å²) in [7, 11) is 0. The van der Waals surface area contributed by atoms with Crippen molar-refractivity contribution in [3.8, 4) is 56.7 Å². The van der Waals surface area contributed by atoms with Crippen molar-refractivity contribution in [1.29, 1.82) is 0 Å². The SMILES string of the molecule is c1ccc(-c2ccc(-c3nc(-c4cccc5c4oc4ccc6ccc(-n7c8ccccc8c8cc9ccccc9cc87)cc6c45)nc(-c4cccc5c4c4ccccc4n5-c4ccccc4)n3)cc2)cc1. The second-order valence-electron chi connectivity index (χ2n) is 18.3. The molecule has 0 amide bonds. The summed E-state index contributed by atoms with van der Waals surface area (Å²) in [5.74, 6) is 1.70. The van der Waals surface area contributed by atoms with Gasteiger partial charge in [-0.25, -0.2) is 15.0 Å². The van der Waals surface area contributed by atoms with Crippen LogP contribution in [-0.4, -0.2) is 24.1 Å². The van der Waals surface area contributed by atoms with Gasteiger partial charge in [-0.3, -0.25) is 0 Å². The van der Waals surface area contributed by atoms with E-state index in [2.05, 4.69) is 240 Å². The summed E-state index contributed by atoms with van der Waals surface area (Å²) in [5, 5.41) is 11.4. The van der Waals surface area contributed by atoms with Crippen LogP contribution in [-0.2, 0) is 0 Å². The molecular formula is C65H39N5O. The zero-order valence-electron chi connectivity index (χ0n) is 38.2. The Kier molecular flexibility index (Phi) is 8.56. The largest absolute Gasteiger partial charge is 0.455 e. The Bertz CT molecular complexity index is 4620. The van der Waals surface area contributed by atoms with Crippen LogP contribution in [0.25, 0.3) is 144 Å². The summed E-state index contributed by atoms with van der Waals surface area (Å²) in [4.78, 5) is 16.1. The number of hydrogen-bond donors (Lipinski definition) is 0. The molecule has 0 saturated carbocycles. The predicted octanol–water partition coefficient (Wildman–Crippen LogP) is 16.9. The minimum atomic E-state index is 0.535. The molecule has 0 N–H and O–H groups in total. The Morgan fingerprint density at radius 2 is 0.873 bits per heavy atom. The molecule has 0 aliphatic heterocycles. The smallest absolute Gasteiger partial charge is 0.167 e. The highest BCUT2D eigenvalue weighted by molar-refractivity contribution is 6.21. The number of hydrogen-bond acceptors (Lipinski definition) is 4. The van der Waals surface area contributed by atoms with Gasteiger partial charge in [0.2, 0.25) is 0 Å². The van der Waals surface area contributed by atoms with Crippen molar-refractivity contribution in [3.63, 3.8) is 0 Å². The van der Waals surface area contributed by atoms with E-state index >= 15 is 0 Å². The van der Waals surface area contributed by atoms with Gasteiger partial charge in [-0.1, -0.05) is 170 Å². The third-order valence-electron chi connectivity index (χ3n) is 14.3. The van der Waals surface area contributed by atoms with Gasteiger partial charge < -0.3 is 13.6 Å². The molecule has 4 aromatic heterocycles. The number of rotatable bonds is 6. The summed E-state index contributed by atoms with van der Waals surface area (Å²) in [5.41, 5.74) is 13.1.